The molecule has 0 amide bonds. The van der Waals surface area contributed by atoms with Crippen molar-refractivity contribution < 1.29 is 4.74 Å². The lowest BCUT2D eigenvalue weighted by atomic mass is 10.2. The van der Waals surface area contributed by atoms with Gasteiger partial charge in [-0.2, -0.15) is 11.8 Å². The van der Waals surface area contributed by atoms with Gasteiger partial charge in [0, 0.05) is 30.1 Å². The van der Waals surface area contributed by atoms with E-state index in [1.165, 1.54) is 18.6 Å². The zero-order chi connectivity index (χ0) is 11.2. The highest BCUT2D eigenvalue weighted by molar-refractivity contribution is 8.00. The second kappa shape index (κ2) is 6.11. The first-order chi connectivity index (χ1) is 7.90. The lowest BCUT2D eigenvalue weighted by Crippen LogP contribution is -2.23. The number of nitrogens with one attached hydrogen (secondary N) is 1. The molecule has 0 saturated carbocycles. The van der Waals surface area contributed by atoms with Gasteiger partial charge in [-0.1, -0.05) is 6.07 Å². The van der Waals surface area contributed by atoms with Crippen LogP contribution in [0.2, 0.25) is 0 Å². The number of ether oxygens (including phenoxy) is 1. The molecule has 0 aromatic carbocycles. The second-order valence-electron chi connectivity index (χ2n) is 3.94. The quantitative estimate of drug-likeness (QED) is 0.851. The minimum atomic E-state index is 0.731. The summed E-state index contributed by atoms with van der Waals surface area (Å²) in [6.07, 6.45) is 4.48. The number of thioether (sulfide) groups is 1. The van der Waals surface area contributed by atoms with Crippen molar-refractivity contribution in [3.63, 3.8) is 0 Å². The zero-order valence-electron chi connectivity index (χ0n) is 9.61. The molecule has 4 heteroatoms. The number of nitrogens with zero attached hydrogens (tertiary/aromatic N) is 1. The number of hydrogen-bond donors (Lipinski definition) is 1. The van der Waals surface area contributed by atoms with Crippen LogP contribution in [-0.2, 0) is 6.54 Å². The Morgan fingerprint density at radius 1 is 1.62 bits per heavy atom. The third-order valence-corrected chi connectivity index (χ3v) is 4.15. The van der Waals surface area contributed by atoms with E-state index < -0.39 is 0 Å². The van der Waals surface area contributed by atoms with Gasteiger partial charge in [-0.3, -0.25) is 0 Å². The second-order valence-corrected chi connectivity index (χ2v) is 5.35. The van der Waals surface area contributed by atoms with Crippen molar-refractivity contribution >= 4 is 11.8 Å². The fourth-order valence-electron chi connectivity index (χ4n) is 1.92. The molecule has 1 aromatic heterocycles. The van der Waals surface area contributed by atoms with Gasteiger partial charge in [-0.15, -0.1) is 0 Å². The van der Waals surface area contributed by atoms with Gasteiger partial charge >= 0.3 is 0 Å². The molecule has 0 aliphatic carbocycles. The fraction of sp³-hybridized carbons (Fsp3) is 0.583. The smallest absolute Gasteiger partial charge is 0.217 e. The average Bonchev–Trinajstić information content (AvgIpc) is 2.83. The van der Waals surface area contributed by atoms with Gasteiger partial charge in [0.1, 0.15) is 0 Å². The van der Waals surface area contributed by atoms with Crippen molar-refractivity contribution in [3.8, 4) is 5.88 Å². The molecule has 0 bridgehead atoms. The lowest BCUT2D eigenvalue weighted by molar-refractivity contribution is 0.390. The summed E-state index contributed by atoms with van der Waals surface area (Å²) >= 11 is 2.08. The van der Waals surface area contributed by atoms with Gasteiger partial charge < -0.3 is 10.1 Å². The van der Waals surface area contributed by atoms with Crippen molar-refractivity contribution in [1.29, 1.82) is 0 Å². The van der Waals surface area contributed by atoms with Crippen molar-refractivity contribution in [2.24, 2.45) is 0 Å². The van der Waals surface area contributed by atoms with Crippen LogP contribution in [-0.4, -0.2) is 29.6 Å². The minimum absolute atomic E-state index is 0.731. The maximum atomic E-state index is 5.21. The summed E-state index contributed by atoms with van der Waals surface area (Å²) in [7, 11) is 1.67. The molecule has 2 heterocycles. The van der Waals surface area contributed by atoms with Crippen molar-refractivity contribution in [2.75, 3.05) is 19.4 Å². The molecule has 1 aliphatic heterocycles. The van der Waals surface area contributed by atoms with E-state index in [0.29, 0.717) is 0 Å². The Balaban J connectivity index is 1.79. The van der Waals surface area contributed by atoms with Crippen molar-refractivity contribution in [3.05, 3.63) is 23.9 Å². The van der Waals surface area contributed by atoms with E-state index in [9.17, 15) is 0 Å². The SMILES string of the molecule is COc1ncccc1CNCC1CCCS1. The zero-order valence-corrected chi connectivity index (χ0v) is 10.4. The Morgan fingerprint density at radius 3 is 3.31 bits per heavy atom. The highest BCUT2D eigenvalue weighted by Crippen LogP contribution is 2.25. The first-order valence-corrected chi connectivity index (χ1v) is 6.75. The monoisotopic (exact) mass is 238 g/mol. The topological polar surface area (TPSA) is 34.1 Å². The van der Waals surface area contributed by atoms with E-state index in [1.807, 2.05) is 6.07 Å². The van der Waals surface area contributed by atoms with E-state index in [4.69, 9.17) is 4.74 Å². The van der Waals surface area contributed by atoms with Crippen LogP contribution in [0.5, 0.6) is 5.88 Å². The largest absolute Gasteiger partial charge is 0.481 e. The lowest BCUT2D eigenvalue weighted by Gasteiger charge is -2.11. The molecule has 1 N–H and O–H groups in total. The van der Waals surface area contributed by atoms with Crippen LogP contribution in [0, 0.1) is 0 Å². The summed E-state index contributed by atoms with van der Waals surface area (Å²) in [5, 5.41) is 4.27. The average molecular weight is 238 g/mol. The molecule has 0 spiro atoms. The first kappa shape index (κ1) is 11.7. The number of pyridine rings is 1. The fourth-order valence-corrected chi connectivity index (χ4v) is 3.15. The summed E-state index contributed by atoms with van der Waals surface area (Å²) < 4.78 is 5.21. The molecule has 3 nitrogen and oxygen atoms in total. The molecule has 1 atom stereocenters. The van der Waals surface area contributed by atoms with Gasteiger partial charge in [0.05, 0.1) is 7.11 Å². The number of rotatable bonds is 5. The Hall–Kier alpha value is -0.740. The van der Waals surface area contributed by atoms with E-state index >= 15 is 0 Å². The van der Waals surface area contributed by atoms with Crippen molar-refractivity contribution in [1.82, 2.24) is 10.3 Å². The predicted octanol–water partition coefficient (Wildman–Crippen LogP) is 2.08. The summed E-state index contributed by atoms with van der Waals surface area (Å²) in [5.41, 5.74) is 1.13. The Bertz CT molecular complexity index is 327. The molecule has 1 fully saturated rings. The van der Waals surface area contributed by atoms with Gasteiger partial charge in [-0.25, -0.2) is 4.98 Å². The molecule has 1 aromatic rings. The summed E-state index contributed by atoms with van der Waals surface area (Å²) in [6, 6.07) is 4.00. The summed E-state index contributed by atoms with van der Waals surface area (Å²) in [4.78, 5) is 4.18. The van der Waals surface area contributed by atoms with E-state index in [0.717, 1.165) is 29.8 Å². The van der Waals surface area contributed by atoms with Crippen LogP contribution in [0.15, 0.2) is 18.3 Å². The Morgan fingerprint density at radius 2 is 2.56 bits per heavy atom. The van der Waals surface area contributed by atoms with Gasteiger partial charge in [0.25, 0.3) is 0 Å². The van der Waals surface area contributed by atoms with E-state index in [-0.39, 0.29) is 0 Å². The van der Waals surface area contributed by atoms with Crippen LogP contribution < -0.4 is 10.1 Å². The van der Waals surface area contributed by atoms with Crippen LogP contribution in [0.4, 0.5) is 0 Å². The van der Waals surface area contributed by atoms with Crippen molar-refractivity contribution in [2.45, 2.75) is 24.6 Å². The van der Waals surface area contributed by atoms with Crippen LogP contribution >= 0.6 is 11.8 Å². The Labute approximate surface area is 101 Å². The number of hydrogen-bond acceptors (Lipinski definition) is 4. The third kappa shape index (κ3) is 3.12. The van der Waals surface area contributed by atoms with Crippen LogP contribution in [0.1, 0.15) is 18.4 Å². The van der Waals surface area contributed by atoms with E-state index in [2.05, 4.69) is 28.1 Å². The predicted molar refractivity (Wildman–Crippen MR) is 68.0 cm³/mol. The first-order valence-electron chi connectivity index (χ1n) is 5.70. The Kier molecular flexibility index (Phi) is 4.48. The van der Waals surface area contributed by atoms with Gasteiger partial charge in [0.15, 0.2) is 0 Å². The molecular weight excluding hydrogens is 220 g/mol. The standard InChI is InChI=1S/C12H18N2OS/c1-15-12-10(4-2-6-14-12)8-13-9-11-5-3-7-16-11/h2,4,6,11,13H,3,5,7-9H2,1H3. The molecule has 88 valence electrons. The molecular formula is C12H18N2OS. The van der Waals surface area contributed by atoms with Gasteiger partial charge in [-0.05, 0) is 24.7 Å². The molecule has 1 unspecified atom stereocenters. The highest BCUT2D eigenvalue weighted by Gasteiger charge is 2.14. The molecule has 16 heavy (non-hydrogen) atoms. The highest BCUT2D eigenvalue weighted by atomic mass is 32.2. The summed E-state index contributed by atoms with van der Waals surface area (Å²) in [5.74, 6) is 2.05. The summed E-state index contributed by atoms with van der Waals surface area (Å²) in [6.45, 7) is 1.93. The number of aromatic nitrogens is 1. The maximum Gasteiger partial charge on any atom is 0.217 e. The third-order valence-electron chi connectivity index (χ3n) is 2.75. The van der Waals surface area contributed by atoms with Gasteiger partial charge in [0.2, 0.25) is 5.88 Å². The van der Waals surface area contributed by atoms with Crippen LogP contribution in [0.25, 0.3) is 0 Å². The maximum absolute atomic E-state index is 5.21. The molecule has 2 rings (SSSR count). The normalized spacial score (nSPS) is 19.9. The molecule has 1 saturated heterocycles. The van der Waals surface area contributed by atoms with Crippen LogP contribution in [0.3, 0.4) is 0 Å². The molecule has 0 radical (unpaired) electrons. The van der Waals surface area contributed by atoms with E-state index in [1.54, 1.807) is 13.3 Å². The minimum Gasteiger partial charge on any atom is -0.481 e. The number of methoxy groups -OCH3 is 1. The molecule has 1 aliphatic rings.